The van der Waals surface area contributed by atoms with Gasteiger partial charge in [-0.3, -0.25) is 0 Å². The summed E-state index contributed by atoms with van der Waals surface area (Å²) < 4.78 is 0. The molecule has 1 aliphatic carbocycles. The molecule has 0 saturated heterocycles. The van der Waals surface area contributed by atoms with E-state index in [9.17, 15) is 0 Å². The van der Waals surface area contributed by atoms with Crippen LogP contribution in [0.5, 0.6) is 0 Å². The predicted octanol–water partition coefficient (Wildman–Crippen LogP) is -0.405. The quantitative estimate of drug-likeness (QED) is 0.534. The fourth-order valence-electron chi connectivity index (χ4n) is 3.10. The first-order valence-corrected chi connectivity index (χ1v) is 7.82. The maximum Gasteiger partial charge on any atom is 2.00 e. The topological polar surface area (TPSA) is 0 Å². The molecule has 2 aliphatic rings. The summed E-state index contributed by atoms with van der Waals surface area (Å²) in [6.45, 7) is 4.45. The van der Waals surface area contributed by atoms with Gasteiger partial charge in [0.1, 0.15) is 0 Å². The van der Waals surface area contributed by atoms with E-state index in [1.165, 1.54) is 51.9 Å². The number of hydrogen-bond acceptors (Lipinski definition) is 0. The first kappa shape index (κ1) is 20.6. The average molecular weight is 436 g/mol. The normalized spacial score (nSPS) is 15.7. The molecule has 114 valence electrons. The molecule has 1 heterocycles. The number of hydrogen-bond donors (Lipinski definition) is 0. The Kier molecular flexibility index (Phi) is 7.24. The molecule has 23 heavy (non-hydrogen) atoms. The summed E-state index contributed by atoms with van der Waals surface area (Å²) >= 11 is 0. The molecule has 0 atom stereocenters. The van der Waals surface area contributed by atoms with Gasteiger partial charge in [0, 0.05) is 5.31 Å². The number of fused-ring (bicyclic) bond motifs is 2. The summed E-state index contributed by atoms with van der Waals surface area (Å²) in [4.78, 5) is 0. The minimum absolute atomic E-state index is 0. The first-order valence-electron chi connectivity index (χ1n) is 6.92. The third-order valence-corrected chi connectivity index (χ3v) is 5.30. The van der Waals surface area contributed by atoms with Gasteiger partial charge in [0.2, 0.25) is 0 Å². The predicted molar refractivity (Wildman–Crippen MR) is 90.3 cm³/mol. The third-order valence-electron chi connectivity index (χ3n) is 4.00. The number of rotatable bonds is 1. The van der Waals surface area contributed by atoms with Crippen LogP contribution in [0.1, 0.15) is 19.4 Å². The van der Waals surface area contributed by atoms with Gasteiger partial charge in [0.15, 0.2) is 0 Å². The molecule has 0 saturated carbocycles. The number of halogens is 2. The Hall–Kier alpha value is -0.447. The van der Waals surface area contributed by atoms with Crippen molar-refractivity contribution >= 4 is 29.8 Å². The SMILES string of the molecule is CC1=PC2=C(C)C=C(c3cccc4ccccc34)C2=C1.[Cl-].[Cl-].[Zr+2]. The Bertz CT molecular complexity index is 871. The summed E-state index contributed by atoms with van der Waals surface area (Å²) in [5.74, 6) is 0. The molecule has 0 aromatic heterocycles. The van der Waals surface area contributed by atoms with Crippen LogP contribution >= 0.6 is 8.20 Å². The van der Waals surface area contributed by atoms with E-state index < -0.39 is 0 Å². The smallest absolute Gasteiger partial charge is 1.00 e. The van der Waals surface area contributed by atoms with Crippen molar-refractivity contribution < 1.29 is 51.0 Å². The monoisotopic (exact) mass is 434 g/mol. The van der Waals surface area contributed by atoms with Crippen molar-refractivity contribution in [3.8, 4) is 0 Å². The molecule has 4 heteroatoms. The van der Waals surface area contributed by atoms with Crippen molar-refractivity contribution in [3.63, 3.8) is 0 Å². The second kappa shape index (κ2) is 8.09. The maximum atomic E-state index is 2.35. The standard InChI is InChI=1S/C19H15P.2ClH.Zr/c1-12-10-17(18-11-13(2)20-19(12)18)16-9-5-7-14-6-3-4-8-15(14)16;;;/h3-11H,1-2H3;2*1H;/q;;;+2/p-2. The zero-order valence-electron chi connectivity index (χ0n) is 12.9. The molecule has 0 unspecified atom stereocenters. The second-order valence-corrected chi connectivity index (χ2v) is 6.80. The Morgan fingerprint density at radius 1 is 0.783 bits per heavy atom. The van der Waals surface area contributed by atoms with E-state index in [4.69, 9.17) is 0 Å². The van der Waals surface area contributed by atoms with Gasteiger partial charge in [0.05, 0.1) is 0 Å². The van der Waals surface area contributed by atoms with Crippen LogP contribution in [0.3, 0.4) is 0 Å². The van der Waals surface area contributed by atoms with Crippen molar-refractivity contribution in [2.75, 3.05) is 0 Å². The van der Waals surface area contributed by atoms with Crippen LogP contribution in [0, 0.1) is 0 Å². The number of benzene rings is 2. The van der Waals surface area contributed by atoms with Crippen LogP contribution in [0.25, 0.3) is 16.3 Å². The van der Waals surface area contributed by atoms with E-state index in [-0.39, 0.29) is 51.0 Å². The molecule has 0 amide bonds. The molecule has 0 spiro atoms. The second-order valence-electron chi connectivity index (χ2n) is 5.43. The van der Waals surface area contributed by atoms with Crippen LogP contribution in [0.4, 0.5) is 0 Å². The minimum atomic E-state index is 0. The van der Waals surface area contributed by atoms with Gasteiger partial charge in [-0.05, 0) is 64.3 Å². The fourth-order valence-corrected chi connectivity index (χ4v) is 4.19. The van der Waals surface area contributed by atoms with Gasteiger partial charge in [-0.25, -0.2) is 0 Å². The van der Waals surface area contributed by atoms with Crippen molar-refractivity contribution in [2.45, 2.75) is 13.8 Å². The van der Waals surface area contributed by atoms with Gasteiger partial charge >= 0.3 is 26.2 Å². The van der Waals surface area contributed by atoms with E-state index in [2.05, 4.69) is 68.5 Å². The van der Waals surface area contributed by atoms with Crippen molar-refractivity contribution in [3.05, 3.63) is 76.6 Å². The molecule has 0 radical (unpaired) electrons. The molecule has 0 bridgehead atoms. The molecule has 4 rings (SSSR count). The molecular formula is C19H15Cl2PZr. The summed E-state index contributed by atoms with van der Waals surface area (Å²) in [5, 5.41) is 5.59. The van der Waals surface area contributed by atoms with Gasteiger partial charge in [-0.15, -0.1) is 0 Å². The largest absolute Gasteiger partial charge is 2.00 e. The maximum absolute atomic E-state index is 2.35. The van der Waals surface area contributed by atoms with Crippen LogP contribution in [-0.2, 0) is 26.2 Å². The van der Waals surface area contributed by atoms with Crippen LogP contribution in [0.2, 0.25) is 0 Å². The average Bonchev–Trinajstić information content (AvgIpc) is 2.98. The Balaban J connectivity index is 0.000000882. The molecule has 0 nitrogen and oxygen atoms in total. The first-order chi connectivity index (χ1) is 9.74. The number of allylic oxidation sites excluding steroid dienone is 6. The zero-order chi connectivity index (χ0) is 13.7. The van der Waals surface area contributed by atoms with E-state index in [1.54, 1.807) is 0 Å². The Morgan fingerprint density at radius 2 is 1.48 bits per heavy atom. The van der Waals surface area contributed by atoms with E-state index >= 15 is 0 Å². The fraction of sp³-hybridized carbons (Fsp3) is 0.105. The van der Waals surface area contributed by atoms with Crippen molar-refractivity contribution in [1.29, 1.82) is 0 Å². The summed E-state index contributed by atoms with van der Waals surface area (Å²) in [6.07, 6.45) is 4.70. The van der Waals surface area contributed by atoms with Crippen LogP contribution < -0.4 is 24.8 Å². The zero-order valence-corrected chi connectivity index (χ0v) is 17.8. The van der Waals surface area contributed by atoms with Gasteiger partial charge < -0.3 is 24.8 Å². The Labute approximate surface area is 170 Å². The van der Waals surface area contributed by atoms with Crippen molar-refractivity contribution in [2.24, 2.45) is 0 Å². The van der Waals surface area contributed by atoms with Gasteiger partial charge in [-0.2, -0.15) is 0 Å². The van der Waals surface area contributed by atoms with Crippen LogP contribution in [-0.4, -0.2) is 5.29 Å². The van der Waals surface area contributed by atoms with E-state index in [1.807, 2.05) is 0 Å². The van der Waals surface area contributed by atoms with Crippen molar-refractivity contribution in [1.82, 2.24) is 0 Å². The molecule has 1 aliphatic heterocycles. The summed E-state index contributed by atoms with van der Waals surface area (Å²) in [7, 11) is 1.38. The molecule has 0 fully saturated rings. The van der Waals surface area contributed by atoms with Crippen LogP contribution in [0.15, 0.2) is 71.1 Å². The Morgan fingerprint density at radius 3 is 2.26 bits per heavy atom. The van der Waals surface area contributed by atoms with E-state index in [0.29, 0.717) is 0 Å². The molecular weight excluding hydrogens is 421 g/mol. The molecule has 0 N–H and O–H groups in total. The molecule has 2 aromatic rings. The summed E-state index contributed by atoms with van der Waals surface area (Å²) in [6, 6.07) is 15.2. The van der Waals surface area contributed by atoms with E-state index in [0.717, 1.165) is 0 Å². The minimum Gasteiger partial charge on any atom is -1.00 e. The van der Waals surface area contributed by atoms with Gasteiger partial charge in [0.25, 0.3) is 0 Å². The third kappa shape index (κ3) is 3.50. The van der Waals surface area contributed by atoms with Gasteiger partial charge in [-0.1, -0.05) is 50.7 Å². The molecule has 2 aromatic carbocycles. The summed E-state index contributed by atoms with van der Waals surface area (Å²) in [5.41, 5.74) is 5.59.